The van der Waals surface area contributed by atoms with Gasteiger partial charge in [-0.05, 0) is 41.7 Å². The monoisotopic (exact) mass is 324 g/mol. The molecule has 0 radical (unpaired) electrons. The fraction of sp³-hybridized carbons (Fsp3) is 0.571. The van der Waals surface area contributed by atoms with Crippen molar-refractivity contribution in [2.24, 2.45) is 17.9 Å². The molecule has 2 aromatic rings. The topological polar surface area (TPSA) is 25.2 Å². The number of rotatable bonds is 2. The van der Waals surface area contributed by atoms with E-state index in [2.05, 4.69) is 67.7 Å². The van der Waals surface area contributed by atoms with Crippen LogP contribution in [0.1, 0.15) is 45.6 Å². The summed E-state index contributed by atoms with van der Waals surface area (Å²) in [6, 6.07) is 8.80. The lowest BCUT2D eigenvalue weighted by Crippen LogP contribution is -2.38. The van der Waals surface area contributed by atoms with Crippen LogP contribution in [0.4, 0.5) is 0 Å². The van der Waals surface area contributed by atoms with Crippen molar-refractivity contribution in [1.82, 2.24) is 9.47 Å². The molecule has 4 rings (SSSR count). The molecule has 0 N–H and O–H groups in total. The normalized spacial score (nSPS) is 28.5. The van der Waals surface area contributed by atoms with Crippen LogP contribution in [0.25, 0.3) is 10.9 Å². The van der Waals surface area contributed by atoms with Crippen molar-refractivity contribution in [3.63, 3.8) is 0 Å². The molecule has 1 aliphatic heterocycles. The largest absolute Gasteiger partial charge is 0.350 e. The third-order valence-electron chi connectivity index (χ3n) is 6.06. The Hall–Kier alpha value is -1.77. The first-order chi connectivity index (χ1) is 11.3. The Morgan fingerprint density at radius 2 is 1.96 bits per heavy atom. The van der Waals surface area contributed by atoms with Gasteiger partial charge in [-0.3, -0.25) is 4.79 Å². The summed E-state index contributed by atoms with van der Waals surface area (Å²) in [4.78, 5) is 15.3. The summed E-state index contributed by atoms with van der Waals surface area (Å²) >= 11 is 0. The minimum Gasteiger partial charge on any atom is -0.350 e. The highest BCUT2D eigenvalue weighted by molar-refractivity contribution is 5.89. The summed E-state index contributed by atoms with van der Waals surface area (Å²) in [7, 11) is 2.06. The number of carbonyl (C=O) groups is 1. The SMILES string of the molecule is Cn1cc(CC(=O)N2CC3(C)CC2CC(C)(C)C3)c2ccccc21. The van der Waals surface area contributed by atoms with Gasteiger partial charge in [-0.15, -0.1) is 0 Å². The van der Waals surface area contributed by atoms with Crippen LogP contribution in [0, 0.1) is 10.8 Å². The Morgan fingerprint density at radius 3 is 2.75 bits per heavy atom. The molecular weight excluding hydrogens is 296 g/mol. The summed E-state index contributed by atoms with van der Waals surface area (Å²) in [6.07, 6.45) is 6.20. The molecule has 2 heterocycles. The second kappa shape index (κ2) is 5.11. The number of hydrogen-bond donors (Lipinski definition) is 0. The quantitative estimate of drug-likeness (QED) is 0.815. The van der Waals surface area contributed by atoms with E-state index < -0.39 is 0 Å². The summed E-state index contributed by atoms with van der Waals surface area (Å²) in [5.41, 5.74) is 3.02. The zero-order valence-electron chi connectivity index (χ0n) is 15.3. The van der Waals surface area contributed by atoms with Gasteiger partial charge >= 0.3 is 0 Å². The van der Waals surface area contributed by atoms with Gasteiger partial charge in [0.25, 0.3) is 0 Å². The first-order valence-electron chi connectivity index (χ1n) is 9.09. The van der Waals surface area contributed by atoms with Crippen LogP contribution < -0.4 is 0 Å². The average Bonchev–Trinajstić information content (AvgIpc) is 2.93. The number of aromatic nitrogens is 1. The number of hydrogen-bond acceptors (Lipinski definition) is 1. The van der Waals surface area contributed by atoms with E-state index in [4.69, 9.17) is 0 Å². The van der Waals surface area contributed by atoms with Crippen molar-refractivity contribution in [1.29, 1.82) is 0 Å². The van der Waals surface area contributed by atoms with Crippen molar-refractivity contribution < 1.29 is 4.79 Å². The lowest BCUT2D eigenvalue weighted by Gasteiger charge is -2.39. The molecule has 1 amide bonds. The smallest absolute Gasteiger partial charge is 0.227 e. The molecule has 1 saturated carbocycles. The summed E-state index contributed by atoms with van der Waals surface area (Å²) < 4.78 is 2.13. The molecule has 24 heavy (non-hydrogen) atoms. The van der Waals surface area contributed by atoms with E-state index in [-0.39, 0.29) is 0 Å². The zero-order chi connectivity index (χ0) is 17.1. The van der Waals surface area contributed by atoms with Crippen LogP contribution in [-0.2, 0) is 18.3 Å². The van der Waals surface area contributed by atoms with Gasteiger partial charge in [0, 0.05) is 36.7 Å². The maximum absolute atomic E-state index is 13.1. The predicted molar refractivity (Wildman–Crippen MR) is 97.9 cm³/mol. The molecule has 1 saturated heterocycles. The van der Waals surface area contributed by atoms with Gasteiger partial charge in [-0.1, -0.05) is 39.0 Å². The Morgan fingerprint density at radius 1 is 1.21 bits per heavy atom. The van der Waals surface area contributed by atoms with E-state index in [9.17, 15) is 4.79 Å². The van der Waals surface area contributed by atoms with Crippen molar-refractivity contribution in [3.05, 3.63) is 36.0 Å². The molecule has 2 bridgehead atoms. The molecule has 128 valence electrons. The predicted octanol–water partition coefficient (Wildman–Crippen LogP) is 4.15. The number of fused-ring (bicyclic) bond motifs is 3. The van der Waals surface area contributed by atoms with Crippen LogP contribution in [0.15, 0.2) is 30.5 Å². The lowest BCUT2D eigenvalue weighted by atomic mass is 9.65. The van der Waals surface area contributed by atoms with E-state index in [1.165, 1.54) is 23.7 Å². The molecule has 1 aliphatic carbocycles. The van der Waals surface area contributed by atoms with Gasteiger partial charge in [0.15, 0.2) is 0 Å². The Labute approximate surface area is 144 Å². The molecule has 0 spiro atoms. The molecule has 3 heteroatoms. The van der Waals surface area contributed by atoms with Crippen LogP contribution >= 0.6 is 0 Å². The summed E-state index contributed by atoms with van der Waals surface area (Å²) in [5.74, 6) is 0.303. The molecule has 1 aromatic heterocycles. The number of aryl methyl sites for hydroxylation is 1. The number of carbonyl (C=O) groups excluding carboxylic acids is 1. The Balaban J connectivity index is 1.59. The maximum Gasteiger partial charge on any atom is 0.227 e. The zero-order valence-corrected chi connectivity index (χ0v) is 15.3. The van der Waals surface area contributed by atoms with Gasteiger partial charge in [0.2, 0.25) is 5.91 Å². The average molecular weight is 324 g/mol. The van der Waals surface area contributed by atoms with Gasteiger partial charge in [-0.2, -0.15) is 0 Å². The number of nitrogens with zero attached hydrogens (tertiary/aromatic N) is 2. The van der Waals surface area contributed by atoms with Crippen molar-refractivity contribution in [2.75, 3.05) is 6.54 Å². The number of benzene rings is 1. The van der Waals surface area contributed by atoms with Crippen molar-refractivity contribution in [3.8, 4) is 0 Å². The highest BCUT2D eigenvalue weighted by atomic mass is 16.2. The number of amides is 1. The van der Waals surface area contributed by atoms with Crippen molar-refractivity contribution >= 4 is 16.8 Å². The Kier molecular flexibility index (Phi) is 3.35. The molecule has 2 atom stereocenters. The lowest BCUT2D eigenvalue weighted by molar-refractivity contribution is -0.131. The third-order valence-corrected chi connectivity index (χ3v) is 6.06. The fourth-order valence-corrected chi connectivity index (χ4v) is 5.58. The molecule has 3 nitrogen and oxygen atoms in total. The maximum atomic E-state index is 13.1. The summed E-state index contributed by atoms with van der Waals surface area (Å²) in [6.45, 7) is 8.02. The molecule has 1 aromatic carbocycles. The minimum absolute atomic E-state index is 0.303. The van der Waals surface area contributed by atoms with Crippen LogP contribution in [0.2, 0.25) is 0 Å². The van der Waals surface area contributed by atoms with E-state index in [0.29, 0.717) is 29.2 Å². The van der Waals surface area contributed by atoms with E-state index in [1.54, 1.807) is 0 Å². The highest BCUT2D eigenvalue weighted by Gasteiger charge is 2.50. The Bertz CT molecular complexity index is 803. The number of likely N-dealkylation sites (tertiary alicyclic amines) is 1. The van der Waals surface area contributed by atoms with Gasteiger partial charge in [0.1, 0.15) is 0 Å². The minimum atomic E-state index is 0.303. The molecule has 2 unspecified atom stereocenters. The van der Waals surface area contributed by atoms with E-state index >= 15 is 0 Å². The van der Waals surface area contributed by atoms with Gasteiger partial charge in [0.05, 0.1) is 6.42 Å². The molecule has 2 fully saturated rings. The summed E-state index contributed by atoms with van der Waals surface area (Å²) in [5, 5.41) is 1.21. The fourth-order valence-electron chi connectivity index (χ4n) is 5.58. The van der Waals surface area contributed by atoms with Crippen LogP contribution in [-0.4, -0.2) is 28.0 Å². The third kappa shape index (κ3) is 2.54. The van der Waals surface area contributed by atoms with Crippen LogP contribution in [0.3, 0.4) is 0 Å². The molecule has 2 aliphatic rings. The number of para-hydroxylation sites is 1. The van der Waals surface area contributed by atoms with Gasteiger partial charge < -0.3 is 9.47 Å². The van der Waals surface area contributed by atoms with E-state index in [0.717, 1.165) is 18.5 Å². The first-order valence-corrected chi connectivity index (χ1v) is 9.09. The second-order valence-corrected chi connectivity index (χ2v) is 9.19. The van der Waals surface area contributed by atoms with Gasteiger partial charge in [-0.25, -0.2) is 0 Å². The standard InChI is InChI=1S/C21H28N2O/c1-20(2)10-16-11-21(3,13-20)14-23(16)19(24)9-15-12-22(4)18-8-6-5-7-17(15)18/h5-8,12,16H,9-11,13-14H2,1-4H3. The van der Waals surface area contributed by atoms with E-state index in [1.807, 2.05) is 0 Å². The second-order valence-electron chi connectivity index (χ2n) is 9.19. The molecular formula is C21H28N2O. The highest BCUT2D eigenvalue weighted by Crippen LogP contribution is 2.52. The first kappa shape index (κ1) is 15.7. The van der Waals surface area contributed by atoms with Crippen molar-refractivity contribution in [2.45, 2.75) is 52.5 Å². The van der Waals surface area contributed by atoms with Crippen LogP contribution in [0.5, 0.6) is 0 Å².